The zero-order chi connectivity index (χ0) is 6.69. The molecular formula is C9H9Na. The second-order valence-electron chi connectivity index (χ2n) is 2.07. The Morgan fingerprint density at radius 1 is 1.60 bits per heavy atom. The molecule has 0 saturated heterocycles. The van der Waals surface area contributed by atoms with Crippen molar-refractivity contribution in [3.05, 3.63) is 42.5 Å². The predicted molar refractivity (Wildman–Crippen MR) is 40.0 cm³/mol. The molecular weight excluding hydrogens is 131 g/mol. The van der Waals surface area contributed by atoms with Gasteiger partial charge in [-0.15, -0.1) is 17.7 Å². The first-order valence-electron chi connectivity index (χ1n) is 2.92. The summed E-state index contributed by atoms with van der Waals surface area (Å²) in [5.41, 5.74) is 2.25. The van der Waals surface area contributed by atoms with E-state index in [1.807, 2.05) is 31.2 Å². The van der Waals surface area contributed by atoms with Crippen molar-refractivity contribution in [2.45, 2.75) is 6.92 Å². The van der Waals surface area contributed by atoms with Gasteiger partial charge in [-0.3, -0.25) is 0 Å². The minimum absolute atomic E-state index is 0. The normalized spacial score (nSPS) is 8.10. The summed E-state index contributed by atoms with van der Waals surface area (Å²) in [6, 6.07) is 10.8. The van der Waals surface area contributed by atoms with Crippen LogP contribution < -0.4 is 29.6 Å². The van der Waals surface area contributed by atoms with E-state index in [4.69, 9.17) is 0 Å². The van der Waals surface area contributed by atoms with E-state index in [9.17, 15) is 0 Å². The summed E-state index contributed by atoms with van der Waals surface area (Å²) >= 11 is 0. The smallest absolute Gasteiger partial charge is 0.183 e. The molecule has 0 N–H and O–H groups in total. The van der Waals surface area contributed by atoms with Crippen molar-refractivity contribution in [1.82, 2.24) is 0 Å². The Morgan fingerprint density at radius 2 is 2.30 bits per heavy atom. The van der Waals surface area contributed by atoms with Crippen molar-refractivity contribution in [3.63, 3.8) is 0 Å². The average Bonchev–Trinajstić information content (AvgIpc) is 1.90. The molecule has 1 aromatic carbocycles. The number of benzene rings is 1. The molecule has 0 spiro atoms. The Kier molecular flexibility index (Phi) is 4.71. The van der Waals surface area contributed by atoms with Gasteiger partial charge in [-0.05, 0) is 0 Å². The fraction of sp³-hybridized carbons (Fsp3) is 0.111. The summed E-state index contributed by atoms with van der Waals surface area (Å²) in [6.07, 6.45) is 0. The Labute approximate surface area is 84.3 Å². The molecule has 0 aliphatic rings. The van der Waals surface area contributed by atoms with E-state index in [0.29, 0.717) is 0 Å². The third kappa shape index (κ3) is 2.70. The molecule has 0 radical (unpaired) electrons. The van der Waals surface area contributed by atoms with E-state index in [0.717, 1.165) is 11.1 Å². The zero-order valence-electron chi connectivity index (χ0n) is 6.52. The summed E-state index contributed by atoms with van der Waals surface area (Å²) in [7, 11) is 0. The maximum absolute atomic E-state index is 3.81. The van der Waals surface area contributed by atoms with Crippen LogP contribution in [0.4, 0.5) is 0 Å². The Hall–Kier alpha value is -0.0400. The minimum Gasteiger partial charge on any atom is -0.183 e. The van der Waals surface area contributed by atoms with Crippen molar-refractivity contribution >= 4 is 5.57 Å². The monoisotopic (exact) mass is 140 g/mol. The van der Waals surface area contributed by atoms with E-state index in [1.54, 1.807) is 0 Å². The van der Waals surface area contributed by atoms with Crippen LogP contribution in [-0.4, -0.2) is 0 Å². The van der Waals surface area contributed by atoms with Crippen molar-refractivity contribution in [2.24, 2.45) is 0 Å². The molecule has 0 amide bonds. The summed E-state index contributed by atoms with van der Waals surface area (Å²) in [6.45, 7) is 5.79. The van der Waals surface area contributed by atoms with Gasteiger partial charge in [-0.2, -0.15) is 30.3 Å². The molecule has 0 nitrogen and oxygen atoms in total. The molecule has 46 valence electrons. The summed E-state index contributed by atoms with van der Waals surface area (Å²) < 4.78 is 0. The van der Waals surface area contributed by atoms with Crippen LogP contribution in [0.1, 0.15) is 12.5 Å². The average molecular weight is 140 g/mol. The summed E-state index contributed by atoms with van der Waals surface area (Å²) in [4.78, 5) is 0. The molecule has 0 heterocycles. The molecule has 0 bridgehead atoms. The molecule has 1 heteroatoms. The first-order chi connectivity index (χ1) is 4.30. The van der Waals surface area contributed by atoms with Gasteiger partial charge in [0.25, 0.3) is 0 Å². The predicted octanol–water partition coefficient (Wildman–Crippen LogP) is -0.476. The van der Waals surface area contributed by atoms with Crippen molar-refractivity contribution in [1.29, 1.82) is 0 Å². The quantitative estimate of drug-likeness (QED) is 0.365. The van der Waals surface area contributed by atoms with Crippen molar-refractivity contribution < 1.29 is 29.6 Å². The third-order valence-corrected chi connectivity index (χ3v) is 1.20. The molecule has 10 heavy (non-hydrogen) atoms. The first kappa shape index (κ1) is 9.96. The number of hydrogen-bond donors (Lipinski definition) is 0. The van der Waals surface area contributed by atoms with Crippen LogP contribution >= 0.6 is 0 Å². The Morgan fingerprint density at radius 3 is 2.60 bits per heavy atom. The molecule has 0 atom stereocenters. The van der Waals surface area contributed by atoms with Gasteiger partial charge >= 0.3 is 29.6 Å². The van der Waals surface area contributed by atoms with Crippen molar-refractivity contribution in [3.8, 4) is 0 Å². The summed E-state index contributed by atoms with van der Waals surface area (Å²) in [5, 5.41) is 0. The molecule has 0 aliphatic heterocycles. The third-order valence-electron chi connectivity index (χ3n) is 1.20. The standard InChI is InChI=1S/C9H9.Na/c1-8(2)9-6-4-3-5-7-9;/h3-4,6-7H,1H2,2H3;/q-1;+1. The molecule has 0 saturated carbocycles. The SMILES string of the molecule is C=C(C)c1c[c-]ccc1.[Na+]. The Bertz CT molecular complexity index is 201. The van der Waals surface area contributed by atoms with Gasteiger partial charge in [0, 0.05) is 0 Å². The second-order valence-corrected chi connectivity index (χ2v) is 2.07. The maximum Gasteiger partial charge on any atom is 1.00 e. The summed E-state index contributed by atoms with van der Waals surface area (Å²) in [5.74, 6) is 0. The van der Waals surface area contributed by atoms with Gasteiger partial charge in [0.2, 0.25) is 0 Å². The van der Waals surface area contributed by atoms with Gasteiger partial charge < -0.3 is 0 Å². The molecule has 0 unspecified atom stereocenters. The Balaban J connectivity index is 0.000000810. The number of hydrogen-bond acceptors (Lipinski definition) is 0. The van der Waals surface area contributed by atoms with Crippen LogP contribution in [0.5, 0.6) is 0 Å². The van der Waals surface area contributed by atoms with Gasteiger partial charge in [0.05, 0.1) is 0 Å². The molecule has 1 aromatic rings. The van der Waals surface area contributed by atoms with Crippen LogP contribution in [0.15, 0.2) is 30.8 Å². The van der Waals surface area contributed by atoms with Crippen LogP contribution in [0.2, 0.25) is 0 Å². The fourth-order valence-electron chi connectivity index (χ4n) is 0.659. The van der Waals surface area contributed by atoms with Crippen LogP contribution in [-0.2, 0) is 0 Å². The van der Waals surface area contributed by atoms with Crippen LogP contribution in [0, 0.1) is 6.07 Å². The molecule has 0 aliphatic carbocycles. The maximum atomic E-state index is 3.81. The minimum atomic E-state index is 0. The van der Waals surface area contributed by atoms with Crippen LogP contribution in [0.25, 0.3) is 5.57 Å². The van der Waals surface area contributed by atoms with E-state index in [1.165, 1.54) is 0 Å². The van der Waals surface area contributed by atoms with Crippen molar-refractivity contribution in [2.75, 3.05) is 0 Å². The number of allylic oxidation sites excluding steroid dienone is 1. The molecule has 0 fully saturated rings. The molecule has 1 rings (SSSR count). The largest absolute Gasteiger partial charge is 1.00 e. The van der Waals surface area contributed by atoms with E-state index < -0.39 is 0 Å². The molecule has 0 aromatic heterocycles. The first-order valence-corrected chi connectivity index (χ1v) is 2.92. The van der Waals surface area contributed by atoms with Gasteiger partial charge in [0.1, 0.15) is 0 Å². The second kappa shape index (κ2) is 4.73. The fourth-order valence-corrected chi connectivity index (χ4v) is 0.659. The zero-order valence-corrected chi connectivity index (χ0v) is 8.52. The van der Waals surface area contributed by atoms with E-state index in [2.05, 4.69) is 12.6 Å². The van der Waals surface area contributed by atoms with Crippen LogP contribution in [0.3, 0.4) is 0 Å². The van der Waals surface area contributed by atoms with E-state index >= 15 is 0 Å². The van der Waals surface area contributed by atoms with E-state index in [-0.39, 0.29) is 29.6 Å². The van der Waals surface area contributed by atoms with Gasteiger partial charge in [0.15, 0.2) is 0 Å². The van der Waals surface area contributed by atoms with Gasteiger partial charge in [-0.1, -0.05) is 6.92 Å². The topological polar surface area (TPSA) is 0 Å². The number of rotatable bonds is 1. The van der Waals surface area contributed by atoms with Gasteiger partial charge in [-0.25, -0.2) is 0 Å².